The summed E-state index contributed by atoms with van der Waals surface area (Å²) in [6.07, 6.45) is 30.9. The van der Waals surface area contributed by atoms with Crippen molar-refractivity contribution < 1.29 is 9.59 Å². The summed E-state index contributed by atoms with van der Waals surface area (Å²) < 4.78 is 0. The summed E-state index contributed by atoms with van der Waals surface area (Å²) in [5.74, 6) is 1.35. The van der Waals surface area contributed by atoms with Gasteiger partial charge in [0.15, 0.2) is 0 Å². The molecule has 0 aromatic carbocycles. The highest BCUT2D eigenvalue weighted by Crippen LogP contribution is 2.12. The van der Waals surface area contributed by atoms with Gasteiger partial charge in [-0.25, -0.2) is 0 Å². The summed E-state index contributed by atoms with van der Waals surface area (Å²) in [6.45, 7) is 14.6. The molecule has 0 aliphatic carbocycles. The summed E-state index contributed by atoms with van der Waals surface area (Å²) in [7, 11) is 0. The molecular weight excluding hydrogens is 480 g/mol. The monoisotopic (exact) mass is 551 g/mol. The van der Waals surface area contributed by atoms with Gasteiger partial charge in [-0.1, -0.05) is 157 Å². The lowest BCUT2D eigenvalue weighted by atomic mass is 10.0. The van der Waals surface area contributed by atoms with E-state index >= 15 is 0 Å². The first-order chi connectivity index (χ1) is 18.8. The molecule has 0 saturated carbocycles. The number of hydrogen-bond acceptors (Lipinski definition) is 2. The highest BCUT2D eigenvalue weighted by atomic mass is 16.2. The zero-order valence-electron chi connectivity index (χ0n) is 27.4. The van der Waals surface area contributed by atoms with Crippen LogP contribution in [0, 0.1) is 11.8 Å². The molecule has 0 atom stereocenters. The lowest BCUT2D eigenvalue weighted by Crippen LogP contribution is -2.26. The van der Waals surface area contributed by atoms with Crippen LogP contribution in [0.4, 0.5) is 0 Å². The number of allylic oxidation sites excluding steroid dienone is 1. The van der Waals surface area contributed by atoms with Crippen LogP contribution >= 0.6 is 0 Å². The van der Waals surface area contributed by atoms with Crippen molar-refractivity contribution in [2.45, 2.75) is 176 Å². The van der Waals surface area contributed by atoms with Gasteiger partial charge in [-0.2, -0.15) is 0 Å². The van der Waals surface area contributed by atoms with Crippen LogP contribution < -0.4 is 10.6 Å². The Hall–Kier alpha value is -1.32. The first-order valence-corrected chi connectivity index (χ1v) is 17.0. The normalized spacial score (nSPS) is 11.2. The molecule has 0 aliphatic rings. The predicted octanol–water partition coefficient (Wildman–Crippen LogP) is 10.3. The van der Waals surface area contributed by atoms with Gasteiger partial charge in [-0.3, -0.25) is 9.59 Å². The highest BCUT2D eigenvalue weighted by molar-refractivity contribution is 5.87. The molecule has 0 unspecified atom stereocenters. The van der Waals surface area contributed by atoms with Crippen LogP contribution in [0.3, 0.4) is 0 Å². The largest absolute Gasteiger partial charge is 0.356 e. The molecular formula is C35H70N2O2. The minimum Gasteiger partial charge on any atom is -0.356 e. The predicted molar refractivity (Wildman–Crippen MR) is 173 cm³/mol. The summed E-state index contributed by atoms with van der Waals surface area (Å²) in [5.41, 5.74) is 0. The fourth-order valence-electron chi connectivity index (χ4n) is 4.31. The quantitative estimate of drug-likeness (QED) is 0.0831. The topological polar surface area (TPSA) is 58.2 Å². The van der Waals surface area contributed by atoms with E-state index in [0.717, 1.165) is 25.9 Å². The van der Waals surface area contributed by atoms with Crippen molar-refractivity contribution in [2.24, 2.45) is 11.8 Å². The average Bonchev–Trinajstić information content (AvgIpc) is 2.90. The molecule has 232 valence electrons. The summed E-state index contributed by atoms with van der Waals surface area (Å²) in [4.78, 5) is 22.9. The Morgan fingerprint density at radius 1 is 0.538 bits per heavy atom. The lowest BCUT2D eigenvalue weighted by Gasteiger charge is -2.07. The summed E-state index contributed by atoms with van der Waals surface area (Å²) >= 11 is 0. The molecule has 0 saturated heterocycles. The van der Waals surface area contributed by atoms with Gasteiger partial charge < -0.3 is 10.6 Å². The van der Waals surface area contributed by atoms with Crippen molar-refractivity contribution in [3.8, 4) is 0 Å². The van der Waals surface area contributed by atoms with Crippen molar-refractivity contribution in [2.75, 3.05) is 13.1 Å². The van der Waals surface area contributed by atoms with Gasteiger partial charge in [0.1, 0.15) is 0 Å². The van der Waals surface area contributed by atoms with Gasteiger partial charge in [0.05, 0.1) is 0 Å². The number of carbonyl (C=O) groups excluding carboxylic acids is 2. The van der Waals surface area contributed by atoms with E-state index in [4.69, 9.17) is 0 Å². The van der Waals surface area contributed by atoms with Gasteiger partial charge in [-0.05, 0) is 37.2 Å². The molecule has 0 rings (SSSR count). The average molecular weight is 551 g/mol. The first kappa shape index (κ1) is 39.8. The second-order valence-corrected chi connectivity index (χ2v) is 12.3. The second-order valence-electron chi connectivity index (χ2n) is 12.3. The molecule has 0 fully saturated rings. The van der Waals surface area contributed by atoms with E-state index in [2.05, 4.69) is 52.2 Å². The maximum absolute atomic E-state index is 11.5. The van der Waals surface area contributed by atoms with Gasteiger partial charge in [0.2, 0.25) is 11.8 Å². The zero-order chi connectivity index (χ0) is 29.4. The van der Waals surface area contributed by atoms with Crippen LogP contribution in [0.1, 0.15) is 176 Å². The third-order valence-electron chi connectivity index (χ3n) is 6.89. The maximum Gasteiger partial charge on any atom is 0.243 e. The maximum atomic E-state index is 11.5. The SMILES string of the molecule is CCCCCCCCC/C=C/C(=O)NCC(C)C.CCCCCCCCCCCCCCC(=O)NCC(C)C. The Morgan fingerprint density at radius 2 is 0.923 bits per heavy atom. The van der Waals surface area contributed by atoms with E-state index in [1.54, 1.807) is 6.08 Å². The molecule has 2 amide bonds. The smallest absolute Gasteiger partial charge is 0.243 e. The number of nitrogens with one attached hydrogen (secondary N) is 2. The molecule has 2 N–H and O–H groups in total. The third kappa shape index (κ3) is 38.9. The Labute approximate surface area is 245 Å². The van der Waals surface area contributed by atoms with E-state index in [9.17, 15) is 9.59 Å². The minimum atomic E-state index is 0.0478. The van der Waals surface area contributed by atoms with E-state index in [0.29, 0.717) is 18.3 Å². The van der Waals surface area contributed by atoms with E-state index in [-0.39, 0.29) is 11.8 Å². The fourth-order valence-corrected chi connectivity index (χ4v) is 4.31. The molecule has 0 aromatic heterocycles. The van der Waals surface area contributed by atoms with Crippen LogP contribution in [0.5, 0.6) is 0 Å². The molecule has 39 heavy (non-hydrogen) atoms. The van der Waals surface area contributed by atoms with Gasteiger partial charge >= 0.3 is 0 Å². The standard InChI is InChI=1S/C19H39NO.C16H31NO/c1-4-5-6-7-8-9-10-11-12-13-14-15-16-19(21)20-17-18(2)3;1-4-5-6-7-8-9-10-11-12-13-16(18)17-14-15(2)3/h18H,4-17H2,1-3H3,(H,20,21);12-13,15H,4-11,14H2,1-3H3,(H,17,18)/b;13-12+. The summed E-state index contributed by atoms with van der Waals surface area (Å²) in [6, 6.07) is 0. The number of carbonyl (C=O) groups is 2. The van der Waals surface area contributed by atoms with Crippen LogP contribution in [0.2, 0.25) is 0 Å². The molecule has 0 radical (unpaired) electrons. The van der Waals surface area contributed by atoms with Crippen LogP contribution in [0.15, 0.2) is 12.2 Å². The molecule has 0 aliphatic heterocycles. The Kier molecular flexibility index (Phi) is 33.6. The van der Waals surface area contributed by atoms with Crippen LogP contribution in [-0.2, 0) is 9.59 Å². The molecule has 4 nitrogen and oxygen atoms in total. The van der Waals surface area contributed by atoms with Crippen molar-refractivity contribution in [1.29, 1.82) is 0 Å². The molecule has 4 heteroatoms. The van der Waals surface area contributed by atoms with Gasteiger partial charge in [0, 0.05) is 19.5 Å². The van der Waals surface area contributed by atoms with E-state index in [1.807, 2.05) is 6.08 Å². The molecule has 0 spiro atoms. The highest BCUT2D eigenvalue weighted by Gasteiger charge is 2.02. The van der Waals surface area contributed by atoms with Gasteiger partial charge in [0.25, 0.3) is 0 Å². The Bertz CT molecular complexity index is 543. The van der Waals surface area contributed by atoms with Crippen LogP contribution in [0.25, 0.3) is 0 Å². The minimum absolute atomic E-state index is 0.0478. The van der Waals surface area contributed by atoms with E-state index in [1.165, 1.54) is 116 Å². The third-order valence-corrected chi connectivity index (χ3v) is 6.89. The number of rotatable bonds is 26. The lowest BCUT2D eigenvalue weighted by molar-refractivity contribution is -0.121. The zero-order valence-corrected chi connectivity index (χ0v) is 27.4. The van der Waals surface area contributed by atoms with Gasteiger partial charge in [-0.15, -0.1) is 0 Å². The van der Waals surface area contributed by atoms with E-state index < -0.39 is 0 Å². The Balaban J connectivity index is 0. The van der Waals surface area contributed by atoms with Crippen molar-refractivity contribution >= 4 is 11.8 Å². The second kappa shape index (κ2) is 32.9. The van der Waals surface area contributed by atoms with Crippen molar-refractivity contribution in [3.63, 3.8) is 0 Å². The first-order valence-electron chi connectivity index (χ1n) is 17.0. The molecule has 0 bridgehead atoms. The molecule has 0 aromatic rings. The Morgan fingerprint density at radius 3 is 1.36 bits per heavy atom. The number of unbranched alkanes of at least 4 members (excludes halogenated alkanes) is 18. The van der Waals surface area contributed by atoms with Crippen molar-refractivity contribution in [1.82, 2.24) is 10.6 Å². The number of hydrogen-bond donors (Lipinski definition) is 2. The molecule has 0 heterocycles. The number of amides is 2. The van der Waals surface area contributed by atoms with Crippen LogP contribution in [-0.4, -0.2) is 24.9 Å². The fraction of sp³-hybridized carbons (Fsp3) is 0.886. The van der Waals surface area contributed by atoms with Crippen molar-refractivity contribution in [3.05, 3.63) is 12.2 Å². The summed E-state index contributed by atoms with van der Waals surface area (Å²) in [5, 5.41) is 5.86.